The second-order valence-electron chi connectivity index (χ2n) is 3.21. The minimum absolute atomic E-state index is 0.449. The van der Waals surface area contributed by atoms with E-state index in [1.54, 1.807) is 6.26 Å². The van der Waals surface area contributed by atoms with Crippen LogP contribution in [0.5, 0.6) is 0 Å². The summed E-state index contributed by atoms with van der Waals surface area (Å²) in [5.41, 5.74) is 0. The third kappa shape index (κ3) is 1.18. The lowest BCUT2D eigenvalue weighted by Crippen LogP contribution is -2.15. The minimum Gasteiger partial charge on any atom is -0.468 e. The Labute approximate surface area is 66.6 Å². The normalized spacial score (nSPS) is 31.0. The Morgan fingerprint density at radius 1 is 1.64 bits per heavy atom. The van der Waals surface area contributed by atoms with Gasteiger partial charge in [-0.3, -0.25) is 0 Å². The highest BCUT2D eigenvalue weighted by molar-refractivity contribution is 5.07. The summed E-state index contributed by atoms with van der Waals surface area (Å²) < 4.78 is 5.33. The lowest BCUT2D eigenvalue weighted by Gasteiger charge is -2.11. The van der Waals surface area contributed by atoms with Crippen molar-refractivity contribution in [2.45, 2.75) is 19.4 Å². The molecule has 0 spiro atoms. The highest BCUT2D eigenvalue weighted by Gasteiger charge is 2.25. The first-order chi connectivity index (χ1) is 5.38. The van der Waals surface area contributed by atoms with Gasteiger partial charge in [-0.05, 0) is 31.0 Å². The molecule has 0 saturated carbocycles. The Bertz CT molecular complexity index is 217. The van der Waals surface area contributed by atoms with E-state index in [2.05, 4.69) is 12.2 Å². The van der Waals surface area contributed by atoms with Crippen molar-refractivity contribution < 1.29 is 4.42 Å². The van der Waals surface area contributed by atoms with Crippen LogP contribution in [0.15, 0.2) is 22.8 Å². The first-order valence-corrected chi connectivity index (χ1v) is 4.15. The van der Waals surface area contributed by atoms with E-state index in [-0.39, 0.29) is 0 Å². The third-order valence-electron chi connectivity index (χ3n) is 2.38. The fourth-order valence-electron chi connectivity index (χ4n) is 1.68. The number of furan rings is 1. The molecule has 0 unspecified atom stereocenters. The van der Waals surface area contributed by atoms with Gasteiger partial charge >= 0.3 is 0 Å². The predicted molar refractivity (Wildman–Crippen MR) is 43.2 cm³/mol. The first kappa shape index (κ1) is 6.92. The fourth-order valence-corrected chi connectivity index (χ4v) is 1.68. The van der Waals surface area contributed by atoms with E-state index in [9.17, 15) is 0 Å². The molecule has 2 heterocycles. The van der Waals surface area contributed by atoms with Gasteiger partial charge in [0.25, 0.3) is 0 Å². The van der Waals surface area contributed by atoms with Crippen molar-refractivity contribution >= 4 is 0 Å². The van der Waals surface area contributed by atoms with Crippen molar-refractivity contribution in [3.05, 3.63) is 24.2 Å². The van der Waals surface area contributed by atoms with Crippen LogP contribution in [0.3, 0.4) is 0 Å². The summed E-state index contributed by atoms with van der Waals surface area (Å²) in [6.45, 7) is 3.37. The molecule has 60 valence electrons. The van der Waals surface area contributed by atoms with Crippen LogP contribution in [0.2, 0.25) is 0 Å². The molecule has 1 aromatic rings. The zero-order valence-corrected chi connectivity index (χ0v) is 6.71. The topological polar surface area (TPSA) is 25.2 Å². The summed E-state index contributed by atoms with van der Waals surface area (Å²) in [6.07, 6.45) is 2.99. The van der Waals surface area contributed by atoms with Gasteiger partial charge in [-0.1, -0.05) is 6.92 Å². The summed E-state index contributed by atoms with van der Waals surface area (Å²) in [5, 5.41) is 3.42. The summed E-state index contributed by atoms with van der Waals surface area (Å²) in [4.78, 5) is 0. The Hall–Kier alpha value is -0.760. The molecular weight excluding hydrogens is 138 g/mol. The number of rotatable bonds is 1. The lowest BCUT2D eigenvalue weighted by atomic mass is 10.0. The minimum atomic E-state index is 0.449. The Morgan fingerprint density at radius 2 is 2.55 bits per heavy atom. The van der Waals surface area contributed by atoms with Gasteiger partial charge in [0, 0.05) is 0 Å². The maximum absolute atomic E-state index is 5.33. The highest BCUT2D eigenvalue weighted by atomic mass is 16.3. The largest absolute Gasteiger partial charge is 0.468 e. The van der Waals surface area contributed by atoms with E-state index in [4.69, 9.17) is 4.42 Å². The Kier molecular flexibility index (Phi) is 1.70. The molecule has 0 amide bonds. The van der Waals surface area contributed by atoms with Crippen molar-refractivity contribution in [2.24, 2.45) is 5.92 Å². The predicted octanol–water partition coefficient (Wildman–Crippen LogP) is 1.95. The smallest absolute Gasteiger partial charge is 0.120 e. The fraction of sp³-hybridized carbons (Fsp3) is 0.556. The summed E-state index contributed by atoms with van der Waals surface area (Å²) in [6, 6.07) is 4.44. The summed E-state index contributed by atoms with van der Waals surface area (Å²) in [7, 11) is 0. The van der Waals surface area contributed by atoms with Crippen LogP contribution in [0.25, 0.3) is 0 Å². The van der Waals surface area contributed by atoms with E-state index in [1.807, 2.05) is 12.1 Å². The average molecular weight is 151 g/mol. The standard InChI is InChI=1S/C9H13NO/c1-7-4-5-10-9(7)8-3-2-6-11-8/h2-3,6-7,9-10H,4-5H2,1H3/t7-,9-/m0/s1. The lowest BCUT2D eigenvalue weighted by molar-refractivity contribution is 0.394. The molecule has 11 heavy (non-hydrogen) atoms. The molecule has 2 atom stereocenters. The second kappa shape index (κ2) is 2.70. The van der Waals surface area contributed by atoms with Gasteiger partial charge < -0.3 is 9.73 Å². The molecule has 2 heteroatoms. The van der Waals surface area contributed by atoms with E-state index >= 15 is 0 Å². The van der Waals surface area contributed by atoms with E-state index < -0.39 is 0 Å². The zero-order valence-electron chi connectivity index (χ0n) is 6.71. The molecule has 1 fully saturated rings. The molecule has 0 radical (unpaired) electrons. The average Bonchev–Trinajstić information content (AvgIpc) is 2.55. The van der Waals surface area contributed by atoms with Crippen LogP contribution in [-0.2, 0) is 0 Å². The van der Waals surface area contributed by atoms with Crippen LogP contribution in [0.4, 0.5) is 0 Å². The molecule has 0 bridgehead atoms. The van der Waals surface area contributed by atoms with Gasteiger partial charge in [0.2, 0.25) is 0 Å². The maximum Gasteiger partial charge on any atom is 0.120 e. The van der Waals surface area contributed by atoms with Crippen molar-refractivity contribution in [3.63, 3.8) is 0 Å². The van der Waals surface area contributed by atoms with Crippen LogP contribution >= 0.6 is 0 Å². The molecule has 1 N–H and O–H groups in total. The Balaban J connectivity index is 2.16. The summed E-state index contributed by atoms with van der Waals surface area (Å²) in [5.74, 6) is 1.79. The van der Waals surface area contributed by atoms with E-state index in [0.29, 0.717) is 12.0 Å². The van der Waals surface area contributed by atoms with Crippen molar-refractivity contribution in [2.75, 3.05) is 6.54 Å². The van der Waals surface area contributed by atoms with Crippen LogP contribution < -0.4 is 5.32 Å². The highest BCUT2D eigenvalue weighted by Crippen LogP contribution is 2.28. The SMILES string of the molecule is C[C@H]1CCN[C@@H]1c1ccco1. The molecule has 2 nitrogen and oxygen atoms in total. The zero-order chi connectivity index (χ0) is 7.68. The molecule has 2 rings (SSSR count). The molecule has 1 aliphatic heterocycles. The molecular formula is C9H13NO. The molecule has 0 aromatic carbocycles. The molecule has 1 aliphatic rings. The van der Waals surface area contributed by atoms with Crippen LogP contribution in [0, 0.1) is 5.92 Å². The monoisotopic (exact) mass is 151 g/mol. The Morgan fingerprint density at radius 3 is 3.09 bits per heavy atom. The molecule has 1 aromatic heterocycles. The van der Waals surface area contributed by atoms with Gasteiger partial charge in [0.05, 0.1) is 12.3 Å². The maximum atomic E-state index is 5.33. The first-order valence-electron chi connectivity index (χ1n) is 4.15. The van der Waals surface area contributed by atoms with Crippen molar-refractivity contribution in [1.82, 2.24) is 5.32 Å². The van der Waals surface area contributed by atoms with E-state index in [1.165, 1.54) is 6.42 Å². The second-order valence-corrected chi connectivity index (χ2v) is 3.21. The van der Waals surface area contributed by atoms with Crippen LogP contribution in [-0.4, -0.2) is 6.54 Å². The quantitative estimate of drug-likeness (QED) is 0.663. The number of nitrogens with one attached hydrogen (secondary N) is 1. The number of hydrogen-bond acceptors (Lipinski definition) is 2. The summed E-state index contributed by atoms with van der Waals surface area (Å²) >= 11 is 0. The van der Waals surface area contributed by atoms with Gasteiger partial charge in [-0.15, -0.1) is 0 Å². The molecule has 0 aliphatic carbocycles. The van der Waals surface area contributed by atoms with Crippen LogP contribution in [0.1, 0.15) is 25.1 Å². The van der Waals surface area contributed by atoms with E-state index in [0.717, 1.165) is 12.3 Å². The molecule has 1 saturated heterocycles. The van der Waals surface area contributed by atoms with Gasteiger partial charge in [0.15, 0.2) is 0 Å². The van der Waals surface area contributed by atoms with Gasteiger partial charge in [-0.2, -0.15) is 0 Å². The van der Waals surface area contributed by atoms with Gasteiger partial charge in [-0.25, -0.2) is 0 Å². The number of hydrogen-bond donors (Lipinski definition) is 1. The van der Waals surface area contributed by atoms with Gasteiger partial charge in [0.1, 0.15) is 5.76 Å². The third-order valence-corrected chi connectivity index (χ3v) is 2.38. The van der Waals surface area contributed by atoms with Crippen molar-refractivity contribution in [1.29, 1.82) is 0 Å². The van der Waals surface area contributed by atoms with Crippen molar-refractivity contribution in [3.8, 4) is 0 Å².